The highest BCUT2D eigenvalue weighted by Gasteiger charge is 2.26. The average Bonchev–Trinajstić information content (AvgIpc) is 2.73. The Balaban J connectivity index is 1.45. The summed E-state index contributed by atoms with van der Waals surface area (Å²) in [5, 5.41) is 3.87. The highest BCUT2D eigenvalue weighted by atomic mass is 35.5. The molecule has 0 saturated carbocycles. The average molecular weight is 457 g/mol. The molecule has 0 aromatic heterocycles. The van der Waals surface area contributed by atoms with Gasteiger partial charge in [-0.05, 0) is 37.1 Å². The van der Waals surface area contributed by atoms with Crippen LogP contribution in [0.2, 0.25) is 10.0 Å². The van der Waals surface area contributed by atoms with Crippen molar-refractivity contribution in [3.8, 4) is 5.75 Å². The van der Waals surface area contributed by atoms with Crippen molar-refractivity contribution in [1.82, 2.24) is 4.90 Å². The quantitative estimate of drug-likeness (QED) is 0.610. The summed E-state index contributed by atoms with van der Waals surface area (Å²) in [7, 11) is 0. The van der Waals surface area contributed by atoms with E-state index in [4.69, 9.17) is 37.4 Å². The Kier molecular flexibility index (Phi) is 7.58. The molecule has 1 heterocycles. The molecule has 1 N–H and O–H groups in total. The summed E-state index contributed by atoms with van der Waals surface area (Å²) >= 11 is 11.9. The predicted octanol–water partition coefficient (Wildman–Crippen LogP) is 2.83. The molecule has 1 aliphatic rings. The first-order valence-electron chi connectivity index (χ1n) is 9.57. The number of ether oxygens (including phenoxy) is 3. The molecule has 1 fully saturated rings. The number of hydrogen-bond donors (Lipinski definition) is 1. The third-order valence-corrected chi connectivity index (χ3v) is 5.04. The molecule has 0 spiro atoms. The van der Waals surface area contributed by atoms with Gasteiger partial charge in [0.2, 0.25) is 0 Å². The number of anilines is 1. The number of nitrogens with zero attached hydrogens (tertiary/aromatic N) is 1. The van der Waals surface area contributed by atoms with Crippen LogP contribution in [0.25, 0.3) is 0 Å². The molecule has 162 valence electrons. The van der Waals surface area contributed by atoms with Gasteiger partial charge in [0.25, 0.3) is 10.9 Å². The summed E-state index contributed by atoms with van der Waals surface area (Å²) in [6.45, 7) is 3.68. The van der Waals surface area contributed by atoms with Crippen molar-refractivity contribution in [2.45, 2.75) is 26.1 Å². The standard InChI is InChI=1S/C20H22Cl2N2O6/c1-2-28-19-16(17(25)18(19)26)23-4-3-15-10-24(5-6-29-15)20(27)30-11-12-7-13(21)9-14(22)8-12/h7-9,15,23H,2-6,10-11H2,1H3. The lowest BCUT2D eigenvalue weighted by Crippen LogP contribution is -2.46. The van der Waals surface area contributed by atoms with Crippen LogP contribution in [0.3, 0.4) is 0 Å². The fourth-order valence-corrected chi connectivity index (χ4v) is 3.73. The fourth-order valence-electron chi connectivity index (χ4n) is 3.16. The number of amides is 1. The minimum atomic E-state index is -0.608. The van der Waals surface area contributed by atoms with E-state index in [-0.39, 0.29) is 24.1 Å². The van der Waals surface area contributed by atoms with E-state index in [1.54, 1.807) is 30.0 Å². The monoisotopic (exact) mass is 456 g/mol. The molecule has 1 atom stereocenters. The van der Waals surface area contributed by atoms with Gasteiger partial charge in [0.05, 0.1) is 25.9 Å². The maximum atomic E-state index is 12.4. The Bertz CT molecular complexity index is 953. The number of nitrogens with one attached hydrogen (secondary N) is 1. The largest absolute Gasteiger partial charge is 0.488 e. The highest BCUT2D eigenvalue weighted by molar-refractivity contribution is 6.34. The van der Waals surface area contributed by atoms with Crippen LogP contribution in [-0.2, 0) is 16.1 Å². The van der Waals surface area contributed by atoms with E-state index in [9.17, 15) is 14.4 Å². The summed E-state index contributed by atoms with van der Waals surface area (Å²) in [4.78, 5) is 37.1. The van der Waals surface area contributed by atoms with E-state index in [1.807, 2.05) is 0 Å². The zero-order chi connectivity index (χ0) is 21.7. The zero-order valence-corrected chi connectivity index (χ0v) is 17.9. The van der Waals surface area contributed by atoms with Crippen molar-refractivity contribution in [2.75, 3.05) is 38.2 Å². The van der Waals surface area contributed by atoms with Crippen molar-refractivity contribution < 1.29 is 19.0 Å². The van der Waals surface area contributed by atoms with Gasteiger partial charge in [-0.2, -0.15) is 0 Å². The van der Waals surface area contributed by atoms with Gasteiger partial charge in [0.1, 0.15) is 12.3 Å². The number of carbonyl (C=O) groups is 1. The number of halogens is 2. The van der Waals surface area contributed by atoms with Crippen molar-refractivity contribution >= 4 is 35.0 Å². The van der Waals surface area contributed by atoms with Crippen LogP contribution in [0, 0.1) is 0 Å². The molecule has 1 saturated heterocycles. The lowest BCUT2D eigenvalue weighted by molar-refractivity contribution is -0.0298. The second-order valence-electron chi connectivity index (χ2n) is 6.78. The lowest BCUT2D eigenvalue weighted by Gasteiger charge is -2.32. The summed E-state index contributed by atoms with van der Waals surface area (Å²) < 4.78 is 16.2. The van der Waals surface area contributed by atoms with Crippen LogP contribution < -0.4 is 20.9 Å². The summed E-state index contributed by atoms with van der Waals surface area (Å²) in [6, 6.07) is 4.98. The van der Waals surface area contributed by atoms with E-state index < -0.39 is 17.0 Å². The third-order valence-electron chi connectivity index (χ3n) is 4.60. The van der Waals surface area contributed by atoms with Gasteiger partial charge in [-0.25, -0.2) is 4.79 Å². The lowest BCUT2D eigenvalue weighted by atomic mass is 10.2. The number of rotatable bonds is 8. The molecule has 10 heteroatoms. The molecule has 8 nitrogen and oxygen atoms in total. The first kappa shape index (κ1) is 22.4. The summed E-state index contributed by atoms with van der Waals surface area (Å²) in [5.74, 6) is 0.0818. The smallest absolute Gasteiger partial charge is 0.410 e. The van der Waals surface area contributed by atoms with E-state index in [2.05, 4.69) is 5.32 Å². The Morgan fingerprint density at radius 3 is 2.67 bits per heavy atom. The molecule has 3 rings (SSSR count). The second-order valence-corrected chi connectivity index (χ2v) is 7.65. The van der Waals surface area contributed by atoms with Crippen molar-refractivity contribution in [3.63, 3.8) is 0 Å². The van der Waals surface area contributed by atoms with Crippen molar-refractivity contribution in [2.24, 2.45) is 0 Å². The van der Waals surface area contributed by atoms with Crippen LogP contribution in [-0.4, -0.2) is 49.9 Å². The molecule has 0 radical (unpaired) electrons. The van der Waals surface area contributed by atoms with E-state index in [0.29, 0.717) is 54.9 Å². The van der Waals surface area contributed by atoms with Crippen molar-refractivity contribution in [3.05, 3.63) is 54.3 Å². The SMILES string of the molecule is CCOc1c(NCCC2CN(C(=O)OCc3cc(Cl)cc(Cl)c3)CCO2)c(=O)c1=O. The topological polar surface area (TPSA) is 94.2 Å². The fraction of sp³-hybridized carbons (Fsp3) is 0.450. The minimum Gasteiger partial charge on any atom is -0.488 e. The van der Waals surface area contributed by atoms with Gasteiger partial charge in [0, 0.05) is 23.1 Å². The van der Waals surface area contributed by atoms with Crippen LogP contribution in [0.4, 0.5) is 10.5 Å². The molecule has 2 aromatic carbocycles. The molecule has 1 aliphatic heterocycles. The number of hydrogen-bond acceptors (Lipinski definition) is 7. The molecular formula is C20H22Cl2N2O6. The van der Waals surface area contributed by atoms with Crippen LogP contribution >= 0.6 is 23.2 Å². The maximum Gasteiger partial charge on any atom is 0.410 e. The van der Waals surface area contributed by atoms with Crippen LogP contribution in [0.15, 0.2) is 27.8 Å². The van der Waals surface area contributed by atoms with Crippen LogP contribution in [0.1, 0.15) is 18.9 Å². The molecule has 30 heavy (non-hydrogen) atoms. The number of carbonyl (C=O) groups excluding carboxylic acids is 1. The zero-order valence-electron chi connectivity index (χ0n) is 16.4. The molecule has 2 aromatic rings. The molecule has 0 bridgehead atoms. The maximum absolute atomic E-state index is 12.4. The van der Waals surface area contributed by atoms with Gasteiger partial charge in [-0.15, -0.1) is 0 Å². The van der Waals surface area contributed by atoms with Crippen LogP contribution in [0.5, 0.6) is 5.75 Å². The first-order valence-corrected chi connectivity index (χ1v) is 10.3. The van der Waals surface area contributed by atoms with Gasteiger partial charge < -0.3 is 24.4 Å². The Labute approximate surface area is 183 Å². The van der Waals surface area contributed by atoms with Gasteiger partial charge in [-0.3, -0.25) is 9.59 Å². The summed E-state index contributed by atoms with van der Waals surface area (Å²) in [6.07, 6.45) is -0.132. The van der Waals surface area contributed by atoms with E-state index in [0.717, 1.165) is 0 Å². The Hall–Kier alpha value is -2.29. The Morgan fingerprint density at radius 2 is 1.97 bits per heavy atom. The highest BCUT2D eigenvalue weighted by Crippen LogP contribution is 2.20. The molecule has 1 unspecified atom stereocenters. The molecular weight excluding hydrogens is 435 g/mol. The predicted molar refractivity (Wildman–Crippen MR) is 114 cm³/mol. The summed E-state index contributed by atoms with van der Waals surface area (Å²) in [5.41, 5.74) is -0.278. The molecule has 0 aliphatic carbocycles. The second kappa shape index (κ2) is 10.1. The van der Waals surface area contributed by atoms with Gasteiger partial charge in [0.15, 0.2) is 5.75 Å². The molecule has 1 amide bonds. The number of morpholine rings is 1. The van der Waals surface area contributed by atoms with Gasteiger partial charge in [-0.1, -0.05) is 23.2 Å². The van der Waals surface area contributed by atoms with Crippen molar-refractivity contribution in [1.29, 1.82) is 0 Å². The Morgan fingerprint density at radius 1 is 1.23 bits per heavy atom. The third kappa shape index (κ3) is 5.44. The van der Waals surface area contributed by atoms with E-state index >= 15 is 0 Å². The number of benzene rings is 1. The normalized spacial score (nSPS) is 16.5. The van der Waals surface area contributed by atoms with Gasteiger partial charge >= 0.3 is 6.09 Å². The van der Waals surface area contributed by atoms with E-state index in [1.165, 1.54) is 0 Å². The minimum absolute atomic E-state index is 0.0627. The first-order chi connectivity index (χ1) is 14.4.